The highest BCUT2D eigenvalue weighted by Gasteiger charge is 2.29. The molecule has 2 rings (SSSR count). The molecule has 0 amide bonds. The van der Waals surface area contributed by atoms with Gasteiger partial charge >= 0.3 is 5.97 Å². The smallest absolute Gasteiger partial charge is 0.329 e. The molecule has 0 aliphatic carbocycles. The third kappa shape index (κ3) is 3.69. The van der Waals surface area contributed by atoms with E-state index in [1.54, 1.807) is 19.3 Å². The third-order valence-electron chi connectivity index (χ3n) is 3.63. The minimum atomic E-state index is -1.29. The maximum absolute atomic E-state index is 12.1. The second-order valence-corrected chi connectivity index (χ2v) is 5.64. The fraction of sp³-hybridized carbons (Fsp3) is 0.222. The Kier molecular flexibility index (Phi) is 4.69. The summed E-state index contributed by atoms with van der Waals surface area (Å²) in [5.41, 5.74) is 0.00593. The maximum Gasteiger partial charge on any atom is 0.329 e. The molecule has 0 radical (unpaired) electrons. The number of rotatable bonds is 5. The van der Waals surface area contributed by atoms with Gasteiger partial charge in [0.1, 0.15) is 11.3 Å². The first kappa shape index (κ1) is 16.5. The number of ether oxygens (including phenoxy) is 1. The van der Waals surface area contributed by atoms with Gasteiger partial charge in [-0.1, -0.05) is 24.3 Å². The summed E-state index contributed by atoms with van der Waals surface area (Å²) in [5, 5.41) is 9.20. The maximum atomic E-state index is 12.1. The Balaban J connectivity index is 2.29. The lowest BCUT2D eigenvalue weighted by molar-refractivity contribution is -0.145. The van der Waals surface area contributed by atoms with E-state index in [9.17, 15) is 14.7 Å². The molecule has 1 aromatic carbocycles. The zero-order valence-corrected chi connectivity index (χ0v) is 13.3. The van der Waals surface area contributed by atoms with Crippen molar-refractivity contribution in [3.63, 3.8) is 0 Å². The fourth-order valence-electron chi connectivity index (χ4n) is 2.10. The Hall–Kier alpha value is -2.82. The first-order valence-corrected chi connectivity index (χ1v) is 7.13. The quantitative estimate of drug-likeness (QED) is 0.921. The zero-order valence-electron chi connectivity index (χ0n) is 13.3. The summed E-state index contributed by atoms with van der Waals surface area (Å²) in [6, 6.07) is 10.7. The Labute approximate surface area is 134 Å². The SMILES string of the molecule is COc1cccc(/C=C/c2ccn(C(C)(C)C(=O)O)c(=O)c2)c1. The summed E-state index contributed by atoms with van der Waals surface area (Å²) in [4.78, 5) is 23.4. The molecule has 0 aliphatic rings. The summed E-state index contributed by atoms with van der Waals surface area (Å²) < 4.78 is 6.37. The fourth-order valence-corrected chi connectivity index (χ4v) is 2.10. The average molecular weight is 313 g/mol. The van der Waals surface area contributed by atoms with Crippen LogP contribution in [-0.2, 0) is 10.3 Å². The first-order chi connectivity index (χ1) is 10.8. The molecule has 5 nitrogen and oxygen atoms in total. The van der Waals surface area contributed by atoms with Gasteiger partial charge in [-0.05, 0) is 43.2 Å². The Morgan fingerprint density at radius 2 is 1.83 bits per heavy atom. The minimum absolute atomic E-state index is 0.356. The first-order valence-electron chi connectivity index (χ1n) is 7.13. The minimum Gasteiger partial charge on any atom is -0.497 e. The van der Waals surface area contributed by atoms with Crippen LogP contribution < -0.4 is 10.3 Å². The molecule has 1 N–H and O–H groups in total. The van der Waals surface area contributed by atoms with Crippen LogP contribution in [0.3, 0.4) is 0 Å². The lowest BCUT2D eigenvalue weighted by Gasteiger charge is -2.22. The molecule has 2 aromatic rings. The van der Waals surface area contributed by atoms with Crippen molar-refractivity contribution in [2.45, 2.75) is 19.4 Å². The standard InChI is InChI=1S/C18H19NO4/c1-18(2,17(21)22)19-10-9-14(12-16(19)20)8-7-13-5-4-6-15(11-13)23-3/h4-12H,1-3H3,(H,21,22)/b8-7+. The van der Waals surface area contributed by atoms with Gasteiger partial charge in [-0.25, -0.2) is 4.79 Å². The van der Waals surface area contributed by atoms with Gasteiger partial charge in [-0.3, -0.25) is 9.36 Å². The monoisotopic (exact) mass is 313 g/mol. The summed E-state index contributed by atoms with van der Waals surface area (Å²) in [6.07, 6.45) is 5.17. The molecule has 0 bridgehead atoms. The molecule has 0 saturated heterocycles. The molecule has 0 saturated carbocycles. The van der Waals surface area contributed by atoms with Crippen LogP contribution in [0.25, 0.3) is 12.2 Å². The van der Waals surface area contributed by atoms with Crippen molar-refractivity contribution in [2.75, 3.05) is 7.11 Å². The van der Waals surface area contributed by atoms with Crippen LogP contribution in [0.15, 0.2) is 47.4 Å². The Morgan fingerprint density at radius 3 is 2.39 bits per heavy atom. The van der Waals surface area contributed by atoms with Gasteiger partial charge in [0.2, 0.25) is 0 Å². The molecule has 0 unspecified atom stereocenters. The normalized spacial score (nSPS) is 11.6. The second-order valence-electron chi connectivity index (χ2n) is 5.64. The van der Waals surface area contributed by atoms with E-state index in [0.717, 1.165) is 11.3 Å². The van der Waals surface area contributed by atoms with E-state index in [1.165, 1.54) is 30.7 Å². The number of methoxy groups -OCH3 is 1. The van der Waals surface area contributed by atoms with Gasteiger partial charge in [-0.2, -0.15) is 0 Å². The van der Waals surface area contributed by atoms with Crippen molar-refractivity contribution >= 4 is 18.1 Å². The van der Waals surface area contributed by atoms with Crippen molar-refractivity contribution in [2.24, 2.45) is 0 Å². The molecular weight excluding hydrogens is 294 g/mol. The number of benzene rings is 1. The van der Waals surface area contributed by atoms with Crippen LogP contribution in [-0.4, -0.2) is 22.8 Å². The number of carboxylic acid groups (broad SMARTS) is 1. The zero-order chi connectivity index (χ0) is 17.0. The summed E-state index contributed by atoms with van der Waals surface area (Å²) >= 11 is 0. The van der Waals surface area contributed by atoms with E-state index in [-0.39, 0.29) is 5.56 Å². The molecular formula is C18H19NO4. The van der Waals surface area contributed by atoms with Gasteiger partial charge < -0.3 is 9.84 Å². The molecule has 0 spiro atoms. The van der Waals surface area contributed by atoms with Crippen LogP contribution in [0.2, 0.25) is 0 Å². The number of aliphatic carboxylic acids is 1. The highest BCUT2D eigenvalue weighted by Crippen LogP contribution is 2.16. The van der Waals surface area contributed by atoms with Gasteiger partial charge in [0, 0.05) is 12.3 Å². The number of pyridine rings is 1. The Morgan fingerprint density at radius 1 is 1.17 bits per heavy atom. The predicted octanol–water partition coefficient (Wildman–Crippen LogP) is 2.85. The van der Waals surface area contributed by atoms with E-state index < -0.39 is 11.5 Å². The number of hydrogen-bond acceptors (Lipinski definition) is 3. The lowest BCUT2D eigenvalue weighted by atomic mass is 10.1. The molecule has 0 atom stereocenters. The second kappa shape index (κ2) is 6.52. The lowest BCUT2D eigenvalue weighted by Crippen LogP contribution is -2.42. The van der Waals surface area contributed by atoms with Crippen molar-refractivity contribution in [3.8, 4) is 5.75 Å². The van der Waals surface area contributed by atoms with E-state index in [4.69, 9.17) is 4.74 Å². The topological polar surface area (TPSA) is 68.5 Å². The number of nitrogens with zero attached hydrogens (tertiary/aromatic N) is 1. The van der Waals surface area contributed by atoms with Crippen molar-refractivity contribution in [1.29, 1.82) is 0 Å². The summed E-state index contributed by atoms with van der Waals surface area (Å²) in [7, 11) is 1.60. The highest BCUT2D eigenvalue weighted by molar-refractivity contribution is 5.76. The van der Waals surface area contributed by atoms with Crippen LogP contribution in [0.5, 0.6) is 5.75 Å². The van der Waals surface area contributed by atoms with Crippen molar-refractivity contribution < 1.29 is 14.6 Å². The Bertz CT molecular complexity index is 803. The molecule has 120 valence electrons. The van der Waals surface area contributed by atoms with E-state index in [1.807, 2.05) is 30.3 Å². The van der Waals surface area contributed by atoms with Crippen LogP contribution in [0, 0.1) is 0 Å². The van der Waals surface area contributed by atoms with E-state index in [0.29, 0.717) is 5.56 Å². The number of carbonyl (C=O) groups is 1. The number of hydrogen-bond donors (Lipinski definition) is 1. The largest absolute Gasteiger partial charge is 0.497 e. The highest BCUT2D eigenvalue weighted by atomic mass is 16.5. The summed E-state index contributed by atoms with van der Waals surface area (Å²) in [5.74, 6) is -0.301. The van der Waals surface area contributed by atoms with Crippen LogP contribution in [0.4, 0.5) is 0 Å². The van der Waals surface area contributed by atoms with Gasteiger partial charge in [0.25, 0.3) is 5.56 Å². The van der Waals surface area contributed by atoms with Gasteiger partial charge in [-0.15, -0.1) is 0 Å². The van der Waals surface area contributed by atoms with E-state index in [2.05, 4.69) is 0 Å². The predicted molar refractivity (Wildman–Crippen MR) is 89.6 cm³/mol. The third-order valence-corrected chi connectivity index (χ3v) is 3.63. The molecule has 5 heteroatoms. The van der Waals surface area contributed by atoms with E-state index >= 15 is 0 Å². The van der Waals surface area contributed by atoms with Crippen molar-refractivity contribution in [3.05, 3.63) is 64.1 Å². The molecule has 23 heavy (non-hydrogen) atoms. The van der Waals surface area contributed by atoms with Gasteiger partial charge in [0.15, 0.2) is 0 Å². The molecule has 0 aliphatic heterocycles. The number of aromatic nitrogens is 1. The molecule has 0 fully saturated rings. The van der Waals surface area contributed by atoms with Crippen molar-refractivity contribution in [1.82, 2.24) is 4.57 Å². The van der Waals surface area contributed by atoms with Crippen LogP contribution >= 0.6 is 0 Å². The van der Waals surface area contributed by atoms with Crippen LogP contribution in [0.1, 0.15) is 25.0 Å². The molecule has 1 aromatic heterocycles. The van der Waals surface area contributed by atoms with Gasteiger partial charge in [0.05, 0.1) is 7.11 Å². The number of carboxylic acids is 1. The summed E-state index contributed by atoms with van der Waals surface area (Å²) in [6.45, 7) is 2.98. The average Bonchev–Trinajstić information content (AvgIpc) is 2.52. The molecule has 1 heterocycles.